The fourth-order valence-corrected chi connectivity index (χ4v) is 2.76. The van der Waals surface area contributed by atoms with E-state index >= 15 is 0 Å². The smallest absolute Gasteiger partial charge is 0.350 e. The molecule has 0 saturated heterocycles. The summed E-state index contributed by atoms with van der Waals surface area (Å²) in [5, 5.41) is 13.6. The Balaban J connectivity index is 1.59. The van der Waals surface area contributed by atoms with Crippen LogP contribution >= 0.6 is 0 Å². The quantitative estimate of drug-likeness (QED) is 0.847. The zero-order valence-electron chi connectivity index (χ0n) is 11.6. The van der Waals surface area contributed by atoms with E-state index in [4.69, 9.17) is 0 Å². The van der Waals surface area contributed by atoms with E-state index in [1.807, 2.05) is 25.2 Å². The summed E-state index contributed by atoms with van der Waals surface area (Å²) in [4.78, 5) is 14.3. The van der Waals surface area contributed by atoms with Gasteiger partial charge in [0.2, 0.25) is 0 Å². The molecule has 20 heavy (non-hydrogen) atoms. The molecular weight excluding hydrogens is 256 g/mol. The Morgan fingerprint density at radius 3 is 2.95 bits per heavy atom. The summed E-state index contributed by atoms with van der Waals surface area (Å²) in [5.41, 5.74) is 0.593. The number of aromatic nitrogens is 3. The van der Waals surface area contributed by atoms with E-state index in [1.54, 1.807) is 10.6 Å². The van der Waals surface area contributed by atoms with Gasteiger partial charge in [0.05, 0.1) is 12.6 Å². The number of aliphatic hydroxyl groups excluding tert-OH is 1. The molecule has 1 saturated carbocycles. The van der Waals surface area contributed by atoms with Crippen LogP contribution in [0, 0.1) is 5.92 Å². The summed E-state index contributed by atoms with van der Waals surface area (Å²) < 4.78 is 3.07. The van der Waals surface area contributed by atoms with Crippen LogP contribution < -0.4 is 5.69 Å². The molecule has 2 heterocycles. The van der Waals surface area contributed by atoms with Crippen LogP contribution in [0.2, 0.25) is 0 Å². The Hall–Kier alpha value is -1.66. The number of rotatable bonds is 5. The molecule has 0 bridgehead atoms. The van der Waals surface area contributed by atoms with Gasteiger partial charge >= 0.3 is 5.69 Å². The second kappa shape index (κ2) is 5.38. The molecule has 0 atom stereocenters. The van der Waals surface area contributed by atoms with Gasteiger partial charge in [-0.1, -0.05) is 6.07 Å². The lowest BCUT2D eigenvalue weighted by molar-refractivity contribution is 0.0278. The predicted octanol–water partition coefficient (Wildman–Crippen LogP) is 0.199. The topological polar surface area (TPSA) is 62.8 Å². The van der Waals surface area contributed by atoms with Gasteiger partial charge in [0.15, 0.2) is 5.65 Å². The Morgan fingerprint density at radius 2 is 2.25 bits per heavy atom. The Labute approximate surface area is 117 Å². The van der Waals surface area contributed by atoms with Gasteiger partial charge in [-0.05, 0) is 37.9 Å². The van der Waals surface area contributed by atoms with Crippen LogP contribution in [0.1, 0.15) is 12.8 Å². The third-order valence-electron chi connectivity index (χ3n) is 3.96. The van der Waals surface area contributed by atoms with E-state index in [9.17, 15) is 9.90 Å². The molecule has 1 N–H and O–H groups in total. The molecule has 1 aliphatic rings. The zero-order chi connectivity index (χ0) is 14.1. The molecule has 6 heteroatoms. The van der Waals surface area contributed by atoms with Crippen molar-refractivity contribution in [3.05, 3.63) is 34.9 Å². The molecule has 0 aliphatic heterocycles. The summed E-state index contributed by atoms with van der Waals surface area (Å²) in [6, 6.07) is 5.53. The molecular formula is C14H20N4O2. The molecule has 0 amide bonds. The summed E-state index contributed by atoms with van der Waals surface area (Å²) in [6.07, 6.45) is 3.44. The number of hydrogen-bond donors (Lipinski definition) is 1. The SMILES string of the molecule is CN(CCn1nc2ccccn2c1=O)CC1CC(O)C1. The van der Waals surface area contributed by atoms with Crippen molar-refractivity contribution in [2.24, 2.45) is 5.92 Å². The van der Waals surface area contributed by atoms with Crippen molar-refractivity contribution >= 4 is 5.65 Å². The van der Waals surface area contributed by atoms with E-state index in [2.05, 4.69) is 10.00 Å². The largest absolute Gasteiger partial charge is 0.393 e. The third kappa shape index (κ3) is 2.62. The van der Waals surface area contributed by atoms with Crippen molar-refractivity contribution in [2.45, 2.75) is 25.5 Å². The van der Waals surface area contributed by atoms with Gasteiger partial charge < -0.3 is 10.0 Å². The number of pyridine rings is 1. The van der Waals surface area contributed by atoms with E-state index in [0.717, 1.165) is 25.9 Å². The zero-order valence-corrected chi connectivity index (χ0v) is 11.6. The average Bonchev–Trinajstić information content (AvgIpc) is 2.72. The Kier molecular flexibility index (Phi) is 3.58. The molecule has 1 aliphatic carbocycles. The normalized spacial score (nSPS) is 22.4. The van der Waals surface area contributed by atoms with Gasteiger partial charge in [-0.25, -0.2) is 9.48 Å². The molecule has 0 radical (unpaired) electrons. The van der Waals surface area contributed by atoms with Crippen molar-refractivity contribution in [3.8, 4) is 0 Å². The van der Waals surface area contributed by atoms with E-state index in [0.29, 0.717) is 18.1 Å². The number of nitrogens with zero attached hydrogens (tertiary/aromatic N) is 4. The maximum atomic E-state index is 12.1. The fraction of sp³-hybridized carbons (Fsp3) is 0.571. The number of hydrogen-bond acceptors (Lipinski definition) is 4. The summed E-state index contributed by atoms with van der Waals surface area (Å²) in [7, 11) is 2.05. The van der Waals surface area contributed by atoms with Gasteiger partial charge in [0.25, 0.3) is 0 Å². The second-order valence-corrected chi connectivity index (χ2v) is 5.69. The van der Waals surface area contributed by atoms with Gasteiger partial charge in [0, 0.05) is 19.3 Å². The molecule has 2 aromatic rings. The average molecular weight is 276 g/mol. The van der Waals surface area contributed by atoms with Crippen LogP contribution in [-0.2, 0) is 6.54 Å². The summed E-state index contributed by atoms with van der Waals surface area (Å²) in [5.74, 6) is 0.591. The third-order valence-corrected chi connectivity index (χ3v) is 3.96. The van der Waals surface area contributed by atoms with Crippen molar-refractivity contribution in [3.63, 3.8) is 0 Å². The first-order valence-electron chi connectivity index (χ1n) is 7.04. The van der Waals surface area contributed by atoms with Crippen molar-refractivity contribution < 1.29 is 5.11 Å². The summed E-state index contributed by atoms with van der Waals surface area (Å²) in [6.45, 7) is 2.35. The van der Waals surface area contributed by atoms with Crippen LogP contribution in [0.15, 0.2) is 29.2 Å². The van der Waals surface area contributed by atoms with Crippen LogP contribution in [0.4, 0.5) is 0 Å². The van der Waals surface area contributed by atoms with Crippen molar-refractivity contribution in [2.75, 3.05) is 20.1 Å². The van der Waals surface area contributed by atoms with Crippen molar-refractivity contribution in [1.29, 1.82) is 0 Å². The monoisotopic (exact) mass is 276 g/mol. The van der Waals surface area contributed by atoms with Crippen LogP contribution in [0.3, 0.4) is 0 Å². The highest BCUT2D eigenvalue weighted by molar-refractivity contribution is 5.35. The first-order valence-corrected chi connectivity index (χ1v) is 7.04. The standard InChI is InChI=1S/C14H20N4O2/c1-16(10-11-8-12(19)9-11)6-7-18-14(20)17-5-3-2-4-13(17)15-18/h2-5,11-12,19H,6-10H2,1H3. The number of fused-ring (bicyclic) bond motifs is 1. The maximum Gasteiger partial charge on any atom is 0.350 e. The van der Waals surface area contributed by atoms with Gasteiger partial charge in [0.1, 0.15) is 0 Å². The number of likely N-dealkylation sites (N-methyl/N-ethyl adjacent to an activating group) is 1. The van der Waals surface area contributed by atoms with Crippen LogP contribution in [0.5, 0.6) is 0 Å². The van der Waals surface area contributed by atoms with Crippen LogP contribution in [0.25, 0.3) is 5.65 Å². The summed E-state index contributed by atoms with van der Waals surface area (Å²) >= 11 is 0. The lowest BCUT2D eigenvalue weighted by Crippen LogP contribution is -2.38. The maximum absolute atomic E-state index is 12.1. The Morgan fingerprint density at radius 1 is 1.45 bits per heavy atom. The minimum absolute atomic E-state index is 0.0898. The lowest BCUT2D eigenvalue weighted by atomic mass is 9.82. The minimum atomic E-state index is -0.102. The fourth-order valence-electron chi connectivity index (χ4n) is 2.76. The molecule has 1 fully saturated rings. The first kappa shape index (κ1) is 13.3. The molecule has 0 spiro atoms. The number of aliphatic hydroxyl groups is 1. The molecule has 0 unspecified atom stereocenters. The van der Waals surface area contributed by atoms with E-state index < -0.39 is 0 Å². The first-order chi connectivity index (χ1) is 9.63. The molecule has 0 aromatic carbocycles. The van der Waals surface area contributed by atoms with E-state index in [1.165, 1.54) is 4.68 Å². The van der Waals surface area contributed by atoms with Gasteiger partial charge in [-0.3, -0.25) is 4.40 Å². The van der Waals surface area contributed by atoms with Gasteiger partial charge in [-0.2, -0.15) is 0 Å². The second-order valence-electron chi connectivity index (χ2n) is 5.69. The van der Waals surface area contributed by atoms with Crippen molar-refractivity contribution in [1.82, 2.24) is 19.1 Å². The molecule has 6 nitrogen and oxygen atoms in total. The predicted molar refractivity (Wildman–Crippen MR) is 75.7 cm³/mol. The highest BCUT2D eigenvalue weighted by atomic mass is 16.3. The highest BCUT2D eigenvalue weighted by Gasteiger charge is 2.27. The lowest BCUT2D eigenvalue weighted by Gasteiger charge is -2.34. The highest BCUT2D eigenvalue weighted by Crippen LogP contribution is 2.27. The molecule has 3 rings (SSSR count). The van der Waals surface area contributed by atoms with Crippen LogP contribution in [-0.4, -0.2) is 50.4 Å². The van der Waals surface area contributed by atoms with Gasteiger partial charge in [-0.15, -0.1) is 5.10 Å². The van der Waals surface area contributed by atoms with E-state index in [-0.39, 0.29) is 11.8 Å². The Bertz CT molecular complexity index is 642. The molecule has 108 valence electrons. The molecule has 2 aromatic heterocycles. The minimum Gasteiger partial charge on any atom is -0.393 e.